The van der Waals surface area contributed by atoms with Crippen LogP contribution < -0.4 is 5.32 Å². The van der Waals surface area contributed by atoms with Crippen molar-refractivity contribution < 1.29 is 4.79 Å². The van der Waals surface area contributed by atoms with Crippen LogP contribution in [0.5, 0.6) is 0 Å². The molecule has 0 radical (unpaired) electrons. The van der Waals surface area contributed by atoms with Gasteiger partial charge in [0.1, 0.15) is 0 Å². The number of hydrogen-bond acceptors (Lipinski definition) is 2. The van der Waals surface area contributed by atoms with Crippen LogP contribution in [0.1, 0.15) is 30.0 Å². The molecule has 138 valence electrons. The minimum absolute atomic E-state index is 0.170. The van der Waals surface area contributed by atoms with Gasteiger partial charge in [0.25, 0.3) is 0 Å². The average Bonchev–Trinajstić information content (AvgIpc) is 2.63. The minimum atomic E-state index is 0.170. The zero-order valence-electron chi connectivity index (χ0n) is 15.5. The number of hydrogen-bond donors (Lipinski definition) is 1. The summed E-state index contributed by atoms with van der Waals surface area (Å²) < 4.78 is 0. The highest BCUT2D eigenvalue weighted by atomic mass is 35.5. The lowest BCUT2D eigenvalue weighted by Gasteiger charge is -2.39. The van der Waals surface area contributed by atoms with Gasteiger partial charge >= 0.3 is 0 Å². The predicted octanol–water partition coefficient (Wildman–Crippen LogP) is 4.22. The molecule has 1 amide bonds. The monoisotopic (exact) mass is 370 g/mol. The van der Waals surface area contributed by atoms with E-state index in [1.165, 1.54) is 16.7 Å². The van der Waals surface area contributed by atoms with Crippen LogP contribution in [0.3, 0.4) is 0 Å². The standard InChI is InChI=1S/C22H27ClN2O/c1-16-7-6-10-21(23)20(16)14-24-22-11-12-25(17(2)26)15-19(22)13-18-8-4-3-5-9-18/h3-10,19,22,24H,11-15H2,1-2H3/t19-,22+/m1/s1. The first-order valence-electron chi connectivity index (χ1n) is 9.31. The van der Waals surface area contributed by atoms with E-state index < -0.39 is 0 Å². The second-order valence-corrected chi connectivity index (χ2v) is 7.63. The molecule has 0 spiro atoms. The minimum Gasteiger partial charge on any atom is -0.343 e. The third-order valence-corrected chi connectivity index (χ3v) is 5.77. The van der Waals surface area contributed by atoms with E-state index >= 15 is 0 Å². The summed E-state index contributed by atoms with van der Waals surface area (Å²) in [7, 11) is 0. The molecule has 0 unspecified atom stereocenters. The highest BCUT2D eigenvalue weighted by molar-refractivity contribution is 6.31. The number of nitrogens with one attached hydrogen (secondary N) is 1. The highest BCUT2D eigenvalue weighted by Gasteiger charge is 2.30. The molecule has 2 atom stereocenters. The SMILES string of the molecule is CC(=O)N1CC[C@H](NCc2c(C)cccc2Cl)[C@H](Cc2ccccc2)C1. The van der Waals surface area contributed by atoms with Gasteiger partial charge < -0.3 is 10.2 Å². The van der Waals surface area contributed by atoms with Gasteiger partial charge in [-0.2, -0.15) is 0 Å². The summed E-state index contributed by atoms with van der Waals surface area (Å²) in [6, 6.07) is 17.0. The van der Waals surface area contributed by atoms with Crippen LogP contribution in [0.25, 0.3) is 0 Å². The quantitative estimate of drug-likeness (QED) is 0.854. The Balaban J connectivity index is 1.71. The molecule has 0 aromatic heterocycles. The number of benzene rings is 2. The molecule has 1 saturated heterocycles. The molecule has 4 heteroatoms. The number of aryl methyl sites for hydroxylation is 1. The van der Waals surface area contributed by atoms with Crippen LogP contribution in [0, 0.1) is 12.8 Å². The maximum absolute atomic E-state index is 11.9. The second-order valence-electron chi connectivity index (χ2n) is 7.23. The van der Waals surface area contributed by atoms with Gasteiger partial charge in [0, 0.05) is 37.6 Å². The van der Waals surface area contributed by atoms with E-state index in [1.54, 1.807) is 6.92 Å². The molecular formula is C22H27ClN2O. The van der Waals surface area contributed by atoms with Crippen molar-refractivity contribution in [1.29, 1.82) is 0 Å². The van der Waals surface area contributed by atoms with Gasteiger partial charge in [0.2, 0.25) is 5.91 Å². The Bertz CT molecular complexity index is 727. The smallest absolute Gasteiger partial charge is 0.219 e. The summed E-state index contributed by atoms with van der Waals surface area (Å²) >= 11 is 6.39. The Morgan fingerprint density at radius 2 is 1.96 bits per heavy atom. The molecule has 1 fully saturated rings. The van der Waals surface area contributed by atoms with Crippen LogP contribution >= 0.6 is 11.6 Å². The molecule has 3 nitrogen and oxygen atoms in total. The lowest BCUT2D eigenvalue weighted by molar-refractivity contribution is -0.131. The van der Waals surface area contributed by atoms with E-state index in [0.29, 0.717) is 12.0 Å². The molecule has 26 heavy (non-hydrogen) atoms. The van der Waals surface area contributed by atoms with Gasteiger partial charge in [0.05, 0.1) is 0 Å². The lowest BCUT2D eigenvalue weighted by atomic mass is 9.86. The number of amides is 1. The number of carbonyl (C=O) groups is 1. The Morgan fingerprint density at radius 3 is 2.65 bits per heavy atom. The summed E-state index contributed by atoms with van der Waals surface area (Å²) in [6.45, 7) is 6.16. The van der Waals surface area contributed by atoms with Crippen molar-refractivity contribution in [3.05, 3.63) is 70.2 Å². The number of rotatable bonds is 5. The summed E-state index contributed by atoms with van der Waals surface area (Å²) in [5.41, 5.74) is 3.70. The van der Waals surface area contributed by atoms with Crippen molar-refractivity contribution in [2.75, 3.05) is 13.1 Å². The summed E-state index contributed by atoms with van der Waals surface area (Å²) in [5.74, 6) is 0.571. The second kappa shape index (κ2) is 8.70. The lowest BCUT2D eigenvalue weighted by Crippen LogP contribution is -2.51. The fraction of sp³-hybridized carbons (Fsp3) is 0.409. The van der Waals surface area contributed by atoms with E-state index in [9.17, 15) is 4.79 Å². The molecule has 1 heterocycles. The zero-order chi connectivity index (χ0) is 18.5. The fourth-order valence-corrected chi connectivity index (χ4v) is 4.12. The predicted molar refractivity (Wildman–Crippen MR) is 107 cm³/mol. The molecule has 2 aromatic rings. The van der Waals surface area contributed by atoms with Crippen LogP contribution in [-0.4, -0.2) is 29.9 Å². The molecular weight excluding hydrogens is 344 g/mol. The molecule has 1 N–H and O–H groups in total. The van der Waals surface area contributed by atoms with Gasteiger partial charge in [-0.15, -0.1) is 0 Å². The van der Waals surface area contributed by atoms with Gasteiger partial charge in [-0.25, -0.2) is 0 Å². The Hall–Kier alpha value is -1.84. The van der Waals surface area contributed by atoms with Crippen molar-refractivity contribution in [3.63, 3.8) is 0 Å². The normalized spacial score (nSPS) is 20.2. The molecule has 3 rings (SSSR count). The van der Waals surface area contributed by atoms with Gasteiger partial charge in [-0.1, -0.05) is 54.1 Å². The molecule has 0 aliphatic carbocycles. The van der Waals surface area contributed by atoms with Crippen molar-refractivity contribution in [1.82, 2.24) is 10.2 Å². The van der Waals surface area contributed by atoms with Gasteiger partial charge in [-0.3, -0.25) is 4.79 Å². The Kier molecular flexibility index (Phi) is 6.33. The number of halogens is 1. The maximum atomic E-state index is 11.9. The third-order valence-electron chi connectivity index (χ3n) is 5.41. The molecule has 1 aliphatic rings. The number of piperidine rings is 1. The third kappa shape index (κ3) is 4.66. The van der Waals surface area contributed by atoms with Gasteiger partial charge in [-0.05, 0) is 48.4 Å². The Labute approximate surface area is 161 Å². The zero-order valence-corrected chi connectivity index (χ0v) is 16.3. The fourth-order valence-electron chi connectivity index (χ4n) is 3.83. The summed E-state index contributed by atoms with van der Waals surface area (Å²) in [5, 5.41) is 4.54. The molecule has 2 aromatic carbocycles. The van der Waals surface area contributed by atoms with Crippen LogP contribution in [0.15, 0.2) is 48.5 Å². The first-order chi connectivity index (χ1) is 12.5. The molecule has 0 saturated carbocycles. The average molecular weight is 371 g/mol. The Morgan fingerprint density at radius 1 is 1.19 bits per heavy atom. The topological polar surface area (TPSA) is 32.3 Å². The molecule has 1 aliphatic heterocycles. The van der Waals surface area contributed by atoms with E-state index in [-0.39, 0.29) is 5.91 Å². The van der Waals surface area contributed by atoms with Crippen molar-refractivity contribution in [2.45, 2.75) is 39.3 Å². The van der Waals surface area contributed by atoms with E-state index in [0.717, 1.165) is 37.5 Å². The number of carbonyl (C=O) groups excluding carboxylic acids is 1. The molecule has 0 bridgehead atoms. The van der Waals surface area contributed by atoms with Gasteiger partial charge in [0.15, 0.2) is 0 Å². The maximum Gasteiger partial charge on any atom is 0.219 e. The first-order valence-corrected chi connectivity index (χ1v) is 9.69. The largest absolute Gasteiger partial charge is 0.343 e. The van der Waals surface area contributed by atoms with Crippen LogP contribution in [0.2, 0.25) is 5.02 Å². The van der Waals surface area contributed by atoms with E-state index in [2.05, 4.69) is 42.6 Å². The van der Waals surface area contributed by atoms with Crippen molar-refractivity contribution in [2.24, 2.45) is 5.92 Å². The number of likely N-dealkylation sites (tertiary alicyclic amines) is 1. The summed E-state index contributed by atoms with van der Waals surface area (Å²) in [4.78, 5) is 13.8. The summed E-state index contributed by atoms with van der Waals surface area (Å²) in [6.07, 6.45) is 1.95. The van der Waals surface area contributed by atoms with Crippen LogP contribution in [-0.2, 0) is 17.8 Å². The van der Waals surface area contributed by atoms with Crippen molar-refractivity contribution >= 4 is 17.5 Å². The van der Waals surface area contributed by atoms with E-state index in [1.807, 2.05) is 23.1 Å². The first kappa shape index (κ1) is 18.9. The number of nitrogens with zero attached hydrogens (tertiary/aromatic N) is 1. The highest BCUT2D eigenvalue weighted by Crippen LogP contribution is 2.24. The van der Waals surface area contributed by atoms with Crippen molar-refractivity contribution in [3.8, 4) is 0 Å². The van der Waals surface area contributed by atoms with Crippen LogP contribution in [0.4, 0.5) is 0 Å². The van der Waals surface area contributed by atoms with E-state index in [4.69, 9.17) is 11.6 Å².